The molecule has 2 heterocycles. The van der Waals surface area contributed by atoms with Crippen LogP contribution in [-0.4, -0.2) is 88.1 Å². The molecule has 6 heteroatoms. The monoisotopic (exact) mass is 300 g/mol. The highest BCUT2D eigenvalue weighted by Gasteiger charge is 2.16. The van der Waals surface area contributed by atoms with Gasteiger partial charge in [-0.25, -0.2) is 0 Å². The van der Waals surface area contributed by atoms with Crippen molar-refractivity contribution in [2.45, 2.75) is 25.4 Å². The van der Waals surface area contributed by atoms with Crippen molar-refractivity contribution in [1.29, 1.82) is 0 Å². The van der Waals surface area contributed by atoms with E-state index in [9.17, 15) is 4.79 Å². The van der Waals surface area contributed by atoms with E-state index in [4.69, 9.17) is 14.2 Å². The molecule has 0 aromatic carbocycles. The van der Waals surface area contributed by atoms with E-state index in [2.05, 4.69) is 4.90 Å². The molecule has 2 aliphatic heterocycles. The van der Waals surface area contributed by atoms with Crippen LogP contribution in [0.2, 0.25) is 0 Å². The predicted octanol–water partition coefficient (Wildman–Crippen LogP) is 0.363. The molecule has 2 fully saturated rings. The van der Waals surface area contributed by atoms with Crippen molar-refractivity contribution in [3.05, 3.63) is 0 Å². The molecule has 0 saturated carbocycles. The fourth-order valence-corrected chi connectivity index (χ4v) is 2.57. The van der Waals surface area contributed by atoms with Crippen LogP contribution in [0.5, 0.6) is 0 Å². The SMILES string of the molecule is CN(CCN1CCOCC1)C(=O)COC[C@H]1CCCCO1. The van der Waals surface area contributed by atoms with E-state index in [1.807, 2.05) is 7.05 Å². The van der Waals surface area contributed by atoms with Gasteiger partial charge in [0.25, 0.3) is 0 Å². The smallest absolute Gasteiger partial charge is 0.248 e. The van der Waals surface area contributed by atoms with Gasteiger partial charge in [0.15, 0.2) is 0 Å². The van der Waals surface area contributed by atoms with Crippen molar-refractivity contribution in [3.63, 3.8) is 0 Å². The largest absolute Gasteiger partial charge is 0.379 e. The third-order valence-electron chi connectivity index (χ3n) is 4.08. The van der Waals surface area contributed by atoms with Gasteiger partial charge in [-0.05, 0) is 19.3 Å². The Morgan fingerprint density at radius 2 is 2.10 bits per heavy atom. The number of hydrogen-bond acceptors (Lipinski definition) is 5. The highest BCUT2D eigenvalue weighted by molar-refractivity contribution is 5.77. The molecule has 0 aromatic heterocycles. The summed E-state index contributed by atoms with van der Waals surface area (Å²) in [6.07, 6.45) is 3.55. The number of morpholine rings is 1. The lowest BCUT2D eigenvalue weighted by molar-refractivity contribution is -0.137. The summed E-state index contributed by atoms with van der Waals surface area (Å²) in [7, 11) is 1.84. The quantitative estimate of drug-likeness (QED) is 0.680. The van der Waals surface area contributed by atoms with Crippen LogP contribution in [0.1, 0.15) is 19.3 Å². The van der Waals surface area contributed by atoms with Crippen molar-refractivity contribution >= 4 is 5.91 Å². The number of nitrogens with zero attached hydrogens (tertiary/aromatic N) is 2. The minimum Gasteiger partial charge on any atom is -0.379 e. The van der Waals surface area contributed by atoms with Gasteiger partial charge in [-0.15, -0.1) is 0 Å². The molecule has 6 nitrogen and oxygen atoms in total. The molecule has 2 aliphatic rings. The van der Waals surface area contributed by atoms with Crippen LogP contribution in [-0.2, 0) is 19.0 Å². The van der Waals surface area contributed by atoms with Gasteiger partial charge in [-0.2, -0.15) is 0 Å². The van der Waals surface area contributed by atoms with Gasteiger partial charge < -0.3 is 19.1 Å². The first kappa shape index (κ1) is 16.7. The first-order valence-electron chi connectivity index (χ1n) is 7.99. The van der Waals surface area contributed by atoms with Crippen LogP contribution in [0.3, 0.4) is 0 Å². The van der Waals surface area contributed by atoms with Crippen molar-refractivity contribution in [2.75, 3.05) is 66.3 Å². The third kappa shape index (κ3) is 6.30. The van der Waals surface area contributed by atoms with Gasteiger partial charge in [0.1, 0.15) is 6.61 Å². The topological polar surface area (TPSA) is 51.2 Å². The van der Waals surface area contributed by atoms with E-state index in [1.165, 1.54) is 6.42 Å². The molecule has 1 atom stereocenters. The molecule has 2 saturated heterocycles. The number of carbonyl (C=O) groups excluding carboxylic acids is 1. The highest BCUT2D eigenvalue weighted by Crippen LogP contribution is 2.12. The van der Waals surface area contributed by atoms with E-state index in [0.717, 1.165) is 58.8 Å². The van der Waals surface area contributed by atoms with Crippen molar-refractivity contribution < 1.29 is 19.0 Å². The lowest BCUT2D eigenvalue weighted by Crippen LogP contribution is -2.42. The Morgan fingerprint density at radius 1 is 1.29 bits per heavy atom. The second-order valence-electron chi connectivity index (χ2n) is 5.77. The summed E-state index contributed by atoms with van der Waals surface area (Å²) in [6, 6.07) is 0. The van der Waals surface area contributed by atoms with Crippen molar-refractivity contribution in [2.24, 2.45) is 0 Å². The Hall–Kier alpha value is -0.690. The van der Waals surface area contributed by atoms with Gasteiger partial charge in [0.2, 0.25) is 5.91 Å². The zero-order valence-corrected chi connectivity index (χ0v) is 13.1. The minimum atomic E-state index is 0.0408. The van der Waals surface area contributed by atoms with Gasteiger partial charge in [-0.1, -0.05) is 0 Å². The van der Waals surface area contributed by atoms with Crippen LogP contribution in [0.4, 0.5) is 0 Å². The van der Waals surface area contributed by atoms with Crippen LogP contribution in [0.25, 0.3) is 0 Å². The van der Waals surface area contributed by atoms with Crippen LogP contribution >= 0.6 is 0 Å². The summed E-state index contributed by atoms with van der Waals surface area (Å²) in [5.41, 5.74) is 0. The molecule has 0 aliphatic carbocycles. The van der Waals surface area contributed by atoms with Crippen LogP contribution in [0.15, 0.2) is 0 Å². The molecule has 1 amide bonds. The zero-order valence-electron chi connectivity index (χ0n) is 13.1. The van der Waals surface area contributed by atoms with Crippen molar-refractivity contribution in [3.8, 4) is 0 Å². The number of rotatable bonds is 7. The Balaban J connectivity index is 1.54. The van der Waals surface area contributed by atoms with Gasteiger partial charge in [0, 0.05) is 39.8 Å². The average molecular weight is 300 g/mol. The fourth-order valence-electron chi connectivity index (χ4n) is 2.57. The van der Waals surface area contributed by atoms with Gasteiger partial charge in [-0.3, -0.25) is 9.69 Å². The minimum absolute atomic E-state index is 0.0408. The average Bonchev–Trinajstić information content (AvgIpc) is 2.54. The molecule has 122 valence electrons. The Bertz CT molecular complexity index is 302. The number of ether oxygens (including phenoxy) is 3. The van der Waals surface area contributed by atoms with E-state index >= 15 is 0 Å². The Labute approximate surface area is 127 Å². The number of amides is 1. The summed E-state index contributed by atoms with van der Waals surface area (Å²) in [6.45, 7) is 6.64. The van der Waals surface area contributed by atoms with Gasteiger partial charge in [0.05, 0.1) is 25.9 Å². The summed E-state index contributed by atoms with van der Waals surface area (Å²) >= 11 is 0. The summed E-state index contributed by atoms with van der Waals surface area (Å²) < 4.78 is 16.4. The highest BCUT2D eigenvalue weighted by atomic mass is 16.5. The summed E-state index contributed by atoms with van der Waals surface area (Å²) in [5.74, 6) is 0.0408. The van der Waals surface area contributed by atoms with E-state index < -0.39 is 0 Å². The number of carbonyl (C=O) groups is 1. The second kappa shape index (κ2) is 9.35. The molecule has 21 heavy (non-hydrogen) atoms. The molecule has 0 unspecified atom stereocenters. The van der Waals surface area contributed by atoms with Crippen LogP contribution < -0.4 is 0 Å². The second-order valence-corrected chi connectivity index (χ2v) is 5.77. The van der Waals surface area contributed by atoms with E-state index in [0.29, 0.717) is 6.61 Å². The standard InChI is InChI=1S/C15H28N2O4/c1-16(5-6-17-7-10-19-11-8-17)15(18)13-20-12-14-4-2-3-9-21-14/h14H,2-13H2,1H3/t14-/m1/s1. The molecule has 0 bridgehead atoms. The van der Waals surface area contributed by atoms with E-state index in [1.54, 1.807) is 4.90 Å². The normalized spacial score (nSPS) is 24.0. The maximum absolute atomic E-state index is 12.0. The third-order valence-corrected chi connectivity index (χ3v) is 4.08. The zero-order chi connectivity index (χ0) is 14.9. The Kier molecular flexibility index (Phi) is 7.43. The Morgan fingerprint density at radius 3 is 2.81 bits per heavy atom. The first-order valence-corrected chi connectivity index (χ1v) is 7.99. The lowest BCUT2D eigenvalue weighted by Gasteiger charge is -2.28. The molecule has 0 N–H and O–H groups in total. The molecular weight excluding hydrogens is 272 g/mol. The summed E-state index contributed by atoms with van der Waals surface area (Å²) in [5, 5.41) is 0. The number of likely N-dealkylation sites (N-methyl/N-ethyl adjacent to an activating group) is 1. The van der Waals surface area contributed by atoms with Gasteiger partial charge >= 0.3 is 0 Å². The maximum Gasteiger partial charge on any atom is 0.248 e. The van der Waals surface area contributed by atoms with Crippen molar-refractivity contribution in [1.82, 2.24) is 9.80 Å². The van der Waals surface area contributed by atoms with Crippen LogP contribution in [0, 0.1) is 0 Å². The predicted molar refractivity (Wildman–Crippen MR) is 79.3 cm³/mol. The fraction of sp³-hybridized carbons (Fsp3) is 0.933. The van der Waals surface area contributed by atoms with E-state index in [-0.39, 0.29) is 18.6 Å². The molecule has 2 rings (SSSR count). The summed E-state index contributed by atoms with van der Waals surface area (Å²) in [4.78, 5) is 16.0. The lowest BCUT2D eigenvalue weighted by atomic mass is 10.1. The first-order chi connectivity index (χ1) is 10.3. The molecular formula is C15H28N2O4. The molecule has 0 radical (unpaired) electrons. The molecule has 0 spiro atoms. The number of hydrogen-bond donors (Lipinski definition) is 0. The molecule has 0 aromatic rings. The maximum atomic E-state index is 12.0.